The fourth-order valence-corrected chi connectivity index (χ4v) is 5.09. The van der Waals surface area contributed by atoms with Crippen LogP contribution in [0.15, 0.2) is 77.0 Å². The summed E-state index contributed by atoms with van der Waals surface area (Å²) in [7, 11) is -2.19. The number of benzene rings is 2. The molecule has 28 heavy (non-hydrogen) atoms. The summed E-state index contributed by atoms with van der Waals surface area (Å²) in [5.41, 5.74) is 1.29. The van der Waals surface area contributed by atoms with Gasteiger partial charge >= 0.3 is 0 Å². The SMILES string of the molecule is Cc1ccccc1N(CC(=O)N(C)Cc1cccs1)S(=O)(=O)c1ccccc1. The minimum Gasteiger partial charge on any atom is -0.339 e. The number of hydrogen-bond acceptors (Lipinski definition) is 4. The zero-order valence-corrected chi connectivity index (χ0v) is 17.4. The Morgan fingerprint density at radius 2 is 1.64 bits per heavy atom. The van der Waals surface area contributed by atoms with Gasteiger partial charge in [0.05, 0.1) is 17.1 Å². The summed E-state index contributed by atoms with van der Waals surface area (Å²) in [6, 6.07) is 19.3. The Hall–Kier alpha value is -2.64. The van der Waals surface area contributed by atoms with Crippen molar-refractivity contribution in [1.29, 1.82) is 0 Å². The van der Waals surface area contributed by atoms with Crippen molar-refractivity contribution in [3.05, 3.63) is 82.6 Å². The molecule has 3 rings (SSSR count). The number of para-hydroxylation sites is 1. The van der Waals surface area contributed by atoms with Crippen molar-refractivity contribution in [3.8, 4) is 0 Å². The van der Waals surface area contributed by atoms with E-state index in [1.807, 2.05) is 36.6 Å². The van der Waals surface area contributed by atoms with Crippen molar-refractivity contribution in [1.82, 2.24) is 4.90 Å². The number of likely N-dealkylation sites (N-methyl/N-ethyl adjacent to an activating group) is 1. The van der Waals surface area contributed by atoms with E-state index in [0.717, 1.165) is 10.4 Å². The molecule has 0 N–H and O–H groups in total. The highest BCUT2D eigenvalue weighted by Crippen LogP contribution is 2.26. The van der Waals surface area contributed by atoms with Gasteiger partial charge in [-0.2, -0.15) is 0 Å². The van der Waals surface area contributed by atoms with Crippen LogP contribution in [-0.2, 0) is 21.4 Å². The van der Waals surface area contributed by atoms with E-state index in [4.69, 9.17) is 0 Å². The third kappa shape index (κ3) is 4.43. The molecule has 0 saturated carbocycles. The van der Waals surface area contributed by atoms with Crippen LogP contribution in [0.25, 0.3) is 0 Å². The number of carbonyl (C=O) groups excluding carboxylic acids is 1. The Bertz CT molecular complexity index is 1030. The van der Waals surface area contributed by atoms with Crippen LogP contribution in [0.2, 0.25) is 0 Å². The van der Waals surface area contributed by atoms with Gasteiger partial charge in [-0.1, -0.05) is 42.5 Å². The second-order valence-electron chi connectivity index (χ2n) is 6.44. The van der Waals surface area contributed by atoms with Crippen LogP contribution < -0.4 is 4.31 Å². The van der Waals surface area contributed by atoms with Crippen molar-refractivity contribution in [3.63, 3.8) is 0 Å². The predicted octanol–water partition coefficient (Wildman–Crippen LogP) is 3.91. The highest BCUT2D eigenvalue weighted by atomic mass is 32.2. The third-order valence-electron chi connectivity index (χ3n) is 4.39. The first-order valence-electron chi connectivity index (χ1n) is 8.79. The molecule has 1 amide bonds. The number of carbonyl (C=O) groups is 1. The molecule has 1 heterocycles. The van der Waals surface area contributed by atoms with E-state index < -0.39 is 10.0 Å². The molecule has 2 aromatic carbocycles. The van der Waals surface area contributed by atoms with Gasteiger partial charge in [0.25, 0.3) is 10.0 Å². The summed E-state index contributed by atoms with van der Waals surface area (Å²) in [4.78, 5) is 15.6. The largest absolute Gasteiger partial charge is 0.339 e. The Kier molecular flexibility index (Phi) is 6.16. The van der Waals surface area contributed by atoms with Crippen LogP contribution in [0, 0.1) is 6.92 Å². The molecule has 0 atom stereocenters. The molecule has 0 fully saturated rings. The van der Waals surface area contributed by atoms with Gasteiger partial charge in [-0.25, -0.2) is 8.42 Å². The first-order chi connectivity index (χ1) is 13.4. The fourth-order valence-electron chi connectivity index (χ4n) is 2.83. The highest BCUT2D eigenvalue weighted by Gasteiger charge is 2.29. The molecule has 0 aliphatic heterocycles. The number of hydrogen-bond donors (Lipinski definition) is 0. The van der Waals surface area contributed by atoms with Crippen molar-refractivity contribution in [2.24, 2.45) is 0 Å². The molecule has 5 nitrogen and oxygen atoms in total. The molecule has 0 radical (unpaired) electrons. The highest BCUT2D eigenvalue weighted by molar-refractivity contribution is 7.92. The van der Waals surface area contributed by atoms with Gasteiger partial charge in [-0.05, 0) is 42.1 Å². The average molecular weight is 415 g/mol. The lowest BCUT2D eigenvalue weighted by Crippen LogP contribution is -2.41. The molecule has 0 aliphatic carbocycles. The molecular formula is C21H22N2O3S2. The maximum Gasteiger partial charge on any atom is 0.264 e. The molecule has 0 saturated heterocycles. The quantitative estimate of drug-likeness (QED) is 0.589. The molecule has 0 bridgehead atoms. The molecule has 1 aromatic heterocycles. The Balaban J connectivity index is 1.93. The monoisotopic (exact) mass is 414 g/mol. The van der Waals surface area contributed by atoms with Crippen molar-refractivity contribution >= 4 is 33.0 Å². The van der Waals surface area contributed by atoms with E-state index >= 15 is 0 Å². The minimum absolute atomic E-state index is 0.159. The summed E-state index contributed by atoms with van der Waals surface area (Å²) in [6.45, 7) is 2.02. The molecule has 0 unspecified atom stereocenters. The van der Waals surface area contributed by atoms with E-state index in [-0.39, 0.29) is 17.3 Å². The minimum atomic E-state index is -3.88. The second-order valence-corrected chi connectivity index (χ2v) is 9.33. The summed E-state index contributed by atoms with van der Waals surface area (Å²) >= 11 is 1.56. The summed E-state index contributed by atoms with van der Waals surface area (Å²) in [5.74, 6) is -0.267. The van der Waals surface area contributed by atoms with Gasteiger partial charge < -0.3 is 4.90 Å². The zero-order chi connectivity index (χ0) is 20.1. The lowest BCUT2D eigenvalue weighted by Gasteiger charge is -2.27. The Morgan fingerprint density at radius 3 is 2.29 bits per heavy atom. The van der Waals surface area contributed by atoms with Gasteiger partial charge in [0.15, 0.2) is 0 Å². The number of sulfonamides is 1. The first kappa shape index (κ1) is 20.1. The number of anilines is 1. The molecule has 146 valence electrons. The van der Waals surface area contributed by atoms with E-state index in [0.29, 0.717) is 12.2 Å². The molecule has 0 spiro atoms. The van der Waals surface area contributed by atoms with Crippen LogP contribution in [0.1, 0.15) is 10.4 Å². The fraction of sp³-hybridized carbons (Fsp3) is 0.190. The number of nitrogens with zero attached hydrogens (tertiary/aromatic N) is 2. The topological polar surface area (TPSA) is 57.7 Å². The van der Waals surface area contributed by atoms with Crippen molar-refractivity contribution in [2.45, 2.75) is 18.4 Å². The van der Waals surface area contributed by atoms with E-state index in [1.54, 1.807) is 65.7 Å². The van der Waals surface area contributed by atoms with Gasteiger partial charge in [-0.3, -0.25) is 9.10 Å². The number of rotatable bonds is 7. The normalized spacial score (nSPS) is 11.2. The van der Waals surface area contributed by atoms with E-state index in [9.17, 15) is 13.2 Å². The lowest BCUT2D eigenvalue weighted by molar-refractivity contribution is -0.128. The molecule has 7 heteroatoms. The van der Waals surface area contributed by atoms with Gasteiger partial charge in [-0.15, -0.1) is 11.3 Å². The number of aryl methyl sites for hydroxylation is 1. The summed E-state index contributed by atoms with van der Waals surface area (Å²) in [6.07, 6.45) is 0. The number of thiophene rings is 1. The number of amides is 1. The van der Waals surface area contributed by atoms with Crippen molar-refractivity contribution < 1.29 is 13.2 Å². The molecule has 0 aliphatic rings. The standard InChI is InChI=1S/C21H22N2O3S2/c1-17-9-6-7-13-20(17)23(28(25,26)19-11-4-3-5-12-19)16-21(24)22(2)15-18-10-8-14-27-18/h3-14H,15-16H2,1-2H3. The van der Waals surface area contributed by atoms with Crippen LogP contribution in [0.4, 0.5) is 5.69 Å². The van der Waals surface area contributed by atoms with E-state index in [1.165, 1.54) is 4.31 Å². The Morgan fingerprint density at radius 1 is 0.964 bits per heavy atom. The zero-order valence-electron chi connectivity index (χ0n) is 15.8. The maximum atomic E-state index is 13.3. The average Bonchev–Trinajstić information content (AvgIpc) is 3.20. The first-order valence-corrected chi connectivity index (χ1v) is 11.1. The Labute approximate surface area is 169 Å². The van der Waals surface area contributed by atoms with Crippen LogP contribution in [-0.4, -0.2) is 32.8 Å². The predicted molar refractivity (Wildman–Crippen MR) is 113 cm³/mol. The molecular weight excluding hydrogens is 392 g/mol. The van der Waals surface area contributed by atoms with Gasteiger partial charge in [0.2, 0.25) is 5.91 Å². The van der Waals surface area contributed by atoms with Gasteiger partial charge in [0, 0.05) is 11.9 Å². The molecule has 3 aromatic rings. The maximum absolute atomic E-state index is 13.3. The van der Waals surface area contributed by atoms with Gasteiger partial charge in [0.1, 0.15) is 6.54 Å². The van der Waals surface area contributed by atoms with E-state index in [2.05, 4.69) is 0 Å². The third-order valence-corrected chi connectivity index (χ3v) is 7.03. The summed E-state index contributed by atoms with van der Waals surface area (Å²) < 4.78 is 27.8. The van der Waals surface area contributed by atoms with Crippen LogP contribution in [0.5, 0.6) is 0 Å². The smallest absolute Gasteiger partial charge is 0.264 e. The van der Waals surface area contributed by atoms with Crippen LogP contribution >= 0.6 is 11.3 Å². The second kappa shape index (κ2) is 8.58. The van der Waals surface area contributed by atoms with Crippen molar-refractivity contribution in [2.75, 3.05) is 17.9 Å². The summed E-state index contributed by atoms with van der Waals surface area (Å²) in [5, 5.41) is 1.95. The lowest BCUT2D eigenvalue weighted by atomic mass is 10.2. The van der Waals surface area contributed by atoms with Crippen LogP contribution in [0.3, 0.4) is 0 Å².